The number of aryl methyl sites for hydroxylation is 1. The molecular weight excluding hydrogens is 310 g/mol. The second-order valence-electron chi connectivity index (χ2n) is 6.08. The van der Waals surface area contributed by atoms with Crippen LogP contribution in [0.25, 0.3) is 44.6 Å². The standard InChI is InChI=1S/C20H17N5/c1-2-25-17-5-3-13(19-21-7-8-22-19)11-15(17)16-12-14(4-6-18(16)25)20-23-9-10-24-20/h3-12H,2H2,1H3,(H,21,22)(H,23,24). The summed E-state index contributed by atoms with van der Waals surface area (Å²) >= 11 is 0. The molecule has 5 aromatic rings. The highest BCUT2D eigenvalue weighted by Gasteiger charge is 2.13. The van der Waals surface area contributed by atoms with Crippen molar-refractivity contribution >= 4 is 21.8 Å². The third-order valence-corrected chi connectivity index (χ3v) is 4.72. The Bertz CT molecular complexity index is 1070. The summed E-state index contributed by atoms with van der Waals surface area (Å²) in [5.41, 5.74) is 4.67. The maximum absolute atomic E-state index is 4.38. The smallest absolute Gasteiger partial charge is 0.137 e. The van der Waals surface area contributed by atoms with E-state index in [0.29, 0.717) is 0 Å². The van der Waals surface area contributed by atoms with Gasteiger partial charge in [-0.3, -0.25) is 0 Å². The summed E-state index contributed by atoms with van der Waals surface area (Å²) in [6, 6.07) is 13.1. The van der Waals surface area contributed by atoms with Crippen molar-refractivity contribution in [2.24, 2.45) is 0 Å². The fourth-order valence-corrected chi connectivity index (χ4v) is 3.59. The molecular formula is C20H17N5. The second kappa shape index (κ2) is 5.34. The first-order valence-corrected chi connectivity index (χ1v) is 8.40. The Kier molecular flexibility index (Phi) is 3.00. The summed E-state index contributed by atoms with van der Waals surface area (Å²) in [4.78, 5) is 15.1. The van der Waals surface area contributed by atoms with E-state index in [1.165, 1.54) is 21.8 Å². The Labute approximate surface area is 144 Å². The van der Waals surface area contributed by atoms with Crippen LogP contribution in [0.1, 0.15) is 6.92 Å². The predicted molar refractivity (Wildman–Crippen MR) is 100 cm³/mol. The number of nitrogens with zero attached hydrogens (tertiary/aromatic N) is 3. The summed E-state index contributed by atoms with van der Waals surface area (Å²) in [6.45, 7) is 3.11. The zero-order chi connectivity index (χ0) is 16.8. The number of benzene rings is 2. The van der Waals surface area contributed by atoms with Crippen LogP contribution in [0.15, 0.2) is 61.2 Å². The maximum atomic E-state index is 4.38. The number of rotatable bonds is 3. The van der Waals surface area contributed by atoms with Crippen molar-refractivity contribution < 1.29 is 0 Å². The Hall–Kier alpha value is -3.34. The van der Waals surface area contributed by atoms with Crippen molar-refractivity contribution in [3.8, 4) is 22.8 Å². The van der Waals surface area contributed by atoms with Crippen LogP contribution in [0.5, 0.6) is 0 Å². The molecule has 0 aliphatic heterocycles. The van der Waals surface area contributed by atoms with Crippen LogP contribution in [-0.4, -0.2) is 24.5 Å². The monoisotopic (exact) mass is 327 g/mol. The summed E-state index contributed by atoms with van der Waals surface area (Å²) in [7, 11) is 0. The van der Waals surface area contributed by atoms with Crippen LogP contribution in [0.4, 0.5) is 0 Å². The molecule has 0 bridgehead atoms. The van der Waals surface area contributed by atoms with E-state index in [-0.39, 0.29) is 0 Å². The molecule has 0 saturated heterocycles. The molecule has 5 heteroatoms. The molecule has 0 amide bonds. The molecule has 25 heavy (non-hydrogen) atoms. The van der Waals surface area contributed by atoms with Gasteiger partial charge in [-0.15, -0.1) is 0 Å². The van der Waals surface area contributed by atoms with Gasteiger partial charge in [0.1, 0.15) is 11.6 Å². The highest BCUT2D eigenvalue weighted by Crippen LogP contribution is 2.34. The Balaban J connectivity index is 1.82. The lowest BCUT2D eigenvalue weighted by molar-refractivity contribution is 0.827. The lowest BCUT2D eigenvalue weighted by atomic mass is 10.1. The number of aromatic amines is 2. The van der Waals surface area contributed by atoms with E-state index in [2.05, 4.69) is 67.8 Å². The Morgan fingerprint density at radius 3 is 1.72 bits per heavy atom. The number of nitrogens with one attached hydrogen (secondary N) is 2. The first-order valence-electron chi connectivity index (χ1n) is 8.40. The molecule has 3 heterocycles. The number of fused-ring (bicyclic) bond motifs is 3. The van der Waals surface area contributed by atoms with E-state index in [1.54, 1.807) is 12.4 Å². The normalized spacial score (nSPS) is 11.6. The van der Waals surface area contributed by atoms with Gasteiger partial charge < -0.3 is 14.5 Å². The minimum Gasteiger partial charge on any atom is -0.345 e. The molecule has 0 atom stereocenters. The van der Waals surface area contributed by atoms with Gasteiger partial charge >= 0.3 is 0 Å². The molecule has 5 nitrogen and oxygen atoms in total. The van der Waals surface area contributed by atoms with Gasteiger partial charge in [-0.25, -0.2) is 9.97 Å². The van der Waals surface area contributed by atoms with Crippen molar-refractivity contribution in [2.45, 2.75) is 13.5 Å². The third-order valence-electron chi connectivity index (χ3n) is 4.72. The zero-order valence-electron chi connectivity index (χ0n) is 13.8. The number of H-pyrrole nitrogens is 2. The van der Waals surface area contributed by atoms with E-state index in [0.717, 1.165) is 29.3 Å². The molecule has 2 N–H and O–H groups in total. The average molecular weight is 327 g/mol. The molecule has 122 valence electrons. The minimum atomic E-state index is 0.890. The van der Waals surface area contributed by atoms with Gasteiger partial charge in [-0.2, -0.15) is 0 Å². The summed E-state index contributed by atoms with van der Waals surface area (Å²) in [5.74, 6) is 1.78. The molecule has 0 spiro atoms. The van der Waals surface area contributed by atoms with Crippen LogP contribution in [0.2, 0.25) is 0 Å². The first-order chi connectivity index (χ1) is 12.3. The van der Waals surface area contributed by atoms with E-state index in [4.69, 9.17) is 0 Å². The van der Waals surface area contributed by atoms with Gasteiger partial charge in [0, 0.05) is 64.3 Å². The SMILES string of the molecule is CCn1c2ccc(-c3ncc[nH]3)cc2c2cc(-c3ncc[nH]3)ccc21. The molecule has 0 unspecified atom stereocenters. The average Bonchev–Trinajstić information content (AvgIpc) is 3.40. The highest BCUT2D eigenvalue weighted by molar-refractivity contribution is 6.10. The van der Waals surface area contributed by atoms with Crippen LogP contribution in [-0.2, 0) is 6.54 Å². The quantitative estimate of drug-likeness (QED) is 0.509. The number of hydrogen-bond donors (Lipinski definition) is 2. The molecule has 2 aromatic carbocycles. The highest BCUT2D eigenvalue weighted by atomic mass is 15.0. The Morgan fingerprint density at radius 2 is 1.32 bits per heavy atom. The fraction of sp³-hybridized carbons (Fsp3) is 0.100. The summed E-state index contributed by atoms with van der Waals surface area (Å²) < 4.78 is 2.35. The maximum Gasteiger partial charge on any atom is 0.137 e. The van der Waals surface area contributed by atoms with Gasteiger partial charge in [-0.1, -0.05) is 0 Å². The van der Waals surface area contributed by atoms with Crippen molar-refractivity contribution in [3.05, 3.63) is 61.2 Å². The minimum absolute atomic E-state index is 0.890. The van der Waals surface area contributed by atoms with E-state index in [9.17, 15) is 0 Å². The lowest BCUT2D eigenvalue weighted by Crippen LogP contribution is -1.93. The van der Waals surface area contributed by atoms with Gasteiger partial charge in [0.25, 0.3) is 0 Å². The molecule has 0 saturated carbocycles. The Morgan fingerprint density at radius 1 is 0.800 bits per heavy atom. The van der Waals surface area contributed by atoms with Gasteiger partial charge in [0.15, 0.2) is 0 Å². The number of imidazole rings is 2. The van der Waals surface area contributed by atoms with Crippen LogP contribution >= 0.6 is 0 Å². The molecule has 5 rings (SSSR count). The summed E-state index contributed by atoms with van der Waals surface area (Å²) in [5, 5.41) is 2.47. The number of aromatic nitrogens is 5. The van der Waals surface area contributed by atoms with Crippen molar-refractivity contribution in [1.29, 1.82) is 0 Å². The van der Waals surface area contributed by atoms with Gasteiger partial charge in [0.05, 0.1) is 0 Å². The first kappa shape index (κ1) is 14.0. The molecule has 0 radical (unpaired) electrons. The lowest BCUT2D eigenvalue weighted by Gasteiger charge is -2.03. The number of hydrogen-bond acceptors (Lipinski definition) is 2. The van der Waals surface area contributed by atoms with Crippen LogP contribution in [0.3, 0.4) is 0 Å². The topological polar surface area (TPSA) is 62.3 Å². The second-order valence-corrected chi connectivity index (χ2v) is 6.08. The van der Waals surface area contributed by atoms with Crippen molar-refractivity contribution in [3.63, 3.8) is 0 Å². The van der Waals surface area contributed by atoms with Crippen molar-refractivity contribution in [1.82, 2.24) is 24.5 Å². The van der Waals surface area contributed by atoms with Crippen molar-refractivity contribution in [2.75, 3.05) is 0 Å². The van der Waals surface area contributed by atoms with E-state index >= 15 is 0 Å². The summed E-state index contributed by atoms with van der Waals surface area (Å²) in [6.07, 6.45) is 7.27. The predicted octanol–water partition coefficient (Wildman–Crippen LogP) is 4.59. The molecule has 0 aliphatic rings. The van der Waals surface area contributed by atoms with Crippen LogP contribution < -0.4 is 0 Å². The van der Waals surface area contributed by atoms with E-state index in [1.807, 2.05) is 12.4 Å². The molecule has 0 aliphatic carbocycles. The van der Waals surface area contributed by atoms with Gasteiger partial charge in [-0.05, 0) is 43.3 Å². The van der Waals surface area contributed by atoms with Gasteiger partial charge in [0.2, 0.25) is 0 Å². The molecule has 0 fully saturated rings. The molecule has 3 aromatic heterocycles. The van der Waals surface area contributed by atoms with Crippen LogP contribution in [0, 0.1) is 0 Å². The zero-order valence-corrected chi connectivity index (χ0v) is 13.8. The fourth-order valence-electron chi connectivity index (χ4n) is 3.59. The third kappa shape index (κ3) is 2.09. The van der Waals surface area contributed by atoms with E-state index < -0.39 is 0 Å². The largest absolute Gasteiger partial charge is 0.345 e.